The predicted octanol–water partition coefficient (Wildman–Crippen LogP) is 2.50. The summed E-state index contributed by atoms with van der Waals surface area (Å²) >= 11 is 0. The fraction of sp³-hybridized carbons (Fsp3) is 0.556. The van der Waals surface area contributed by atoms with Crippen molar-refractivity contribution in [2.24, 2.45) is 10.8 Å². The van der Waals surface area contributed by atoms with Gasteiger partial charge < -0.3 is 5.11 Å². The number of hydrogen-bond donors (Lipinski definition) is 2. The minimum Gasteiger partial charge on any atom is -0.396 e. The summed E-state index contributed by atoms with van der Waals surface area (Å²) in [5, 5.41) is 18.6. The predicted molar refractivity (Wildman–Crippen MR) is 93.4 cm³/mol. The highest BCUT2D eigenvalue weighted by Gasteiger charge is 2.37. The summed E-state index contributed by atoms with van der Waals surface area (Å²) in [6.07, 6.45) is 13.0. The SMILES string of the molecule is CC1(CO)CC1.CC1(Cn2cc(C=O)cn2)CC1.O=Cc1cn[nH]c1. The summed E-state index contributed by atoms with van der Waals surface area (Å²) in [7, 11) is 0. The van der Waals surface area contributed by atoms with Crippen molar-refractivity contribution >= 4 is 12.6 Å². The van der Waals surface area contributed by atoms with Crippen molar-refractivity contribution in [2.75, 3.05) is 6.61 Å². The zero-order valence-electron chi connectivity index (χ0n) is 14.8. The van der Waals surface area contributed by atoms with Crippen molar-refractivity contribution in [2.45, 2.75) is 46.1 Å². The molecule has 136 valence electrons. The monoisotopic (exact) mass is 346 g/mol. The first-order valence-electron chi connectivity index (χ1n) is 8.44. The Balaban J connectivity index is 0.000000148. The molecule has 2 aromatic rings. The molecule has 25 heavy (non-hydrogen) atoms. The van der Waals surface area contributed by atoms with Gasteiger partial charge in [-0.1, -0.05) is 13.8 Å². The van der Waals surface area contributed by atoms with Crippen LogP contribution in [0.5, 0.6) is 0 Å². The van der Waals surface area contributed by atoms with Crippen molar-refractivity contribution in [3.05, 3.63) is 35.9 Å². The number of carbonyl (C=O) groups is 2. The van der Waals surface area contributed by atoms with E-state index in [-0.39, 0.29) is 0 Å². The van der Waals surface area contributed by atoms with E-state index in [4.69, 9.17) is 5.11 Å². The topological polar surface area (TPSA) is 101 Å². The van der Waals surface area contributed by atoms with Crippen LogP contribution in [0.3, 0.4) is 0 Å². The van der Waals surface area contributed by atoms with Crippen LogP contribution in [0.4, 0.5) is 0 Å². The molecular formula is C18H26N4O3. The second kappa shape index (κ2) is 8.20. The van der Waals surface area contributed by atoms with Crippen LogP contribution < -0.4 is 0 Å². The Morgan fingerprint density at radius 2 is 1.76 bits per heavy atom. The molecule has 7 nitrogen and oxygen atoms in total. The summed E-state index contributed by atoms with van der Waals surface area (Å²) in [5.74, 6) is 0. The number of aromatic amines is 1. The van der Waals surface area contributed by atoms with Crippen LogP contribution in [0.2, 0.25) is 0 Å². The maximum Gasteiger partial charge on any atom is 0.153 e. The molecule has 0 aromatic carbocycles. The Labute approximate surface area is 147 Å². The van der Waals surface area contributed by atoms with Gasteiger partial charge in [-0.05, 0) is 36.5 Å². The van der Waals surface area contributed by atoms with Crippen molar-refractivity contribution in [1.29, 1.82) is 0 Å². The Morgan fingerprint density at radius 1 is 1.12 bits per heavy atom. The fourth-order valence-electron chi connectivity index (χ4n) is 1.99. The van der Waals surface area contributed by atoms with Crippen LogP contribution in [-0.2, 0) is 6.54 Å². The number of aliphatic hydroxyl groups is 1. The lowest BCUT2D eigenvalue weighted by atomic mass is 10.1. The molecule has 2 N–H and O–H groups in total. The molecule has 0 bridgehead atoms. The number of nitrogens with one attached hydrogen (secondary N) is 1. The number of H-pyrrole nitrogens is 1. The molecule has 2 heterocycles. The Hall–Kier alpha value is -2.28. The van der Waals surface area contributed by atoms with Crippen LogP contribution in [0.25, 0.3) is 0 Å². The molecule has 2 aromatic heterocycles. The molecule has 2 aliphatic rings. The zero-order chi connectivity index (χ0) is 18.3. The molecular weight excluding hydrogens is 320 g/mol. The molecule has 0 atom stereocenters. The maximum absolute atomic E-state index is 10.3. The van der Waals surface area contributed by atoms with Gasteiger partial charge in [0.25, 0.3) is 0 Å². The molecule has 2 aliphatic carbocycles. The van der Waals surface area contributed by atoms with Crippen molar-refractivity contribution in [1.82, 2.24) is 20.0 Å². The number of aromatic nitrogens is 4. The van der Waals surface area contributed by atoms with Gasteiger partial charge in [0, 0.05) is 25.5 Å². The van der Waals surface area contributed by atoms with E-state index in [1.807, 2.05) is 4.68 Å². The zero-order valence-corrected chi connectivity index (χ0v) is 14.8. The summed E-state index contributed by atoms with van der Waals surface area (Å²) in [5.41, 5.74) is 2.05. The average Bonchev–Trinajstić information content (AvgIpc) is 3.37. The summed E-state index contributed by atoms with van der Waals surface area (Å²) in [4.78, 5) is 20.2. The minimum absolute atomic E-state index is 0.347. The number of hydrogen-bond acceptors (Lipinski definition) is 5. The third-order valence-corrected chi connectivity index (χ3v) is 4.58. The van der Waals surface area contributed by atoms with Gasteiger partial charge in [0.15, 0.2) is 12.6 Å². The first-order valence-corrected chi connectivity index (χ1v) is 8.44. The number of aldehydes is 2. The van der Waals surface area contributed by atoms with Gasteiger partial charge in [-0.3, -0.25) is 19.4 Å². The Morgan fingerprint density at radius 3 is 2.08 bits per heavy atom. The number of aliphatic hydroxyl groups excluding tert-OH is 1. The molecule has 2 fully saturated rings. The van der Waals surface area contributed by atoms with E-state index >= 15 is 0 Å². The van der Waals surface area contributed by atoms with Gasteiger partial charge in [-0.15, -0.1) is 0 Å². The normalized spacial score (nSPS) is 18.0. The standard InChI is InChI=1S/C9H12N2O.C5H10O.C4H4N2O/c1-9(2-3-9)7-11-5-8(6-12)4-10-11;1-5(4-6)2-3-5;7-3-4-1-5-6-2-4/h4-6H,2-3,7H2,1H3;6H,2-4H2,1H3;1-3H,(H,5,6). The van der Waals surface area contributed by atoms with Crippen LogP contribution in [0.1, 0.15) is 60.2 Å². The van der Waals surface area contributed by atoms with Gasteiger partial charge in [-0.25, -0.2) is 0 Å². The van der Waals surface area contributed by atoms with Crippen molar-refractivity contribution in [3.63, 3.8) is 0 Å². The molecule has 0 amide bonds. The molecule has 0 radical (unpaired) electrons. The summed E-state index contributed by atoms with van der Waals surface area (Å²) < 4.78 is 1.86. The highest BCUT2D eigenvalue weighted by atomic mass is 16.3. The quantitative estimate of drug-likeness (QED) is 0.810. The van der Waals surface area contributed by atoms with Gasteiger partial charge >= 0.3 is 0 Å². The smallest absolute Gasteiger partial charge is 0.153 e. The van der Waals surface area contributed by atoms with Gasteiger partial charge in [0.05, 0.1) is 23.5 Å². The van der Waals surface area contributed by atoms with Crippen LogP contribution in [-0.4, -0.2) is 44.3 Å². The lowest BCUT2D eigenvalue weighted by Crippen LogP contribution is -2.07. The molecule has 2 saturated carbocycles. The lowest BCUT2D eigenvalue weighted by molar-refractivity contribution is 0.111. The van der Waals surface area contributed by atoms with E-state index in [2.05, 4.69) is 29.1 Å². The molecule has 0 saturated heterocycles. The third-order valence-electron chi connectivity index (χ3n) is 4.58. The molecule has 0 aliphatic heterocycles. The van der Waals surface area contributed by atoms with Crippen molar-refractivity contribution in [3.8, 4) is 0 Å². The molecule has 7 heteroatoms. The first-order chi connectivity index (χ1) is 11.9. The highest BCUT2D eigenvalue weighted by molar-refractivity contribution is 5.73. The van der Waals surface area contributed by atoms with Gasteiger partial charge in [0.2, 0.25) is 0 Å². The summed E-state index contributed by atoms with van der Waals surface area (Å²) in [6.45, 7) is 5.68. The van der Waals surface area contributed by atoms with E-state index in [0.29, 0.717) is 28.6 Å². The van der Waals surface area contributed by atoms with Gasteiger partial charge in [0.1, 0.15) is 0 Å². The van der Waals surface area contributed by atoms with E-state index in [1.54, 1.807) is 12.4 Å². The summed E-state index contributed by atoms with van der Waals surface area (Å²) in [6, 6.07) is 0. The molecule has 4 rings (SSSR count). The van der Waals surface area contributed by atoms with E-state index < -0.39 is 0 Å². The number of nitrogens with zero attached hydrogens (tertiary/aromatic N) is 3. The fourth-order valence-corrected chi connectivity index (χ4v) is 1.99. The number of rotatable bonds is 5. The maximum atomic E-state index is 10.3. The second-order valence-corrected chi connectivity index (χ2v) is 7.52. The highest BCUT2D eigenvalue weighted by Crippen LogP contribution is 2.46. The van der Waals surface area contributed by atoms with E-state index in [9.17, 15) is 9.59 Å². The lowest BCUT2D eigenvalue weighted by Gasteiger charge is -2.06. The van der Waals surface area contributed by atoms with Gasteiger partial charge in [-0.2, -0.15) is 10.2 Å². The first kappa shape index (κ1) is 19.1. The van der Waals surface area contributed by atoms with E-state index in [0.717, 1.165) is 19.1 Å². The van der Waals surface area contributed by atoms with Crippen LogP contribution in [0, 0.1) is 10.8 Å². The van der Waals surface area contributed by atoms with E-state index in [1.165, 1.54) is 38.1 Å². The Bertz CT molecular complexity index is 670. The average molecular weight is 346 g/mol. The molecule has 0 unspecified atom stereocenters. The third kappa shape index (κ3) is 6.62. The Kier molecular flexibility index (Phi) is 6.25. The van der Waals surface area contributed by atoms with Crippen LogP contribution in [0.15, 0.2) is 24.8 Å². The molecule has 0 spiro atoms. The van der Waals surface area contributed by atoms with Crippen LogP contribution >= 0.6 is 0 Å². The second-order valence-electron chi connectivity index (χ2n) is 7.52. The minimum atomic E-state index is 0.347. The largest absolute Gasteiger partial charge is 0.396 e. The number of carbonyl (C=O) groups excluding carboxylic acids is 2. The van der Waals surface area contributed by atoms with Crippen molar-refractivity contribution < 1.29 is 14.7 Å².